The van der Waals surface area contributed by atoms with Crippen LogP contribution in [0, 0.1) is 11.6 Å². The van der Waals surface area contributed by atoms with Gasteiger partial charge in [-0.2, -0.15) is 13.2 Å². The highest BCUT2D eigenvalue weighted by Gasteiger charge is 2.26. The van der Waals surface area contributed by atoms with Crippen molar-refractivity contribution < 1.29 is 26.7 Å². The third-order valence-electron chi connectivity index (χ3n) is 2.27. The summed E-state index contributed by atoms with van der Waals surface area (Å²) >= 11 is 0. The number of nitrogens with two attached hydrogens (primary N) is 1. The molecule has 1 aromatic carbocycles. The number of carbonyl (C=O) groups is 1. The van der Waals surface area contributed by atoms with Gasteiger partial charge in [-0.15, -0.1) is 0 Å². The topological polar surface area (TPSA) is 55.1 Å². The molecule has 0 spiro atoms. The summed E-state index contributed by atoms with van der Waals surface area (Å²) in [6.07, 6.45) is -5.80. The lowest BCUT2D eigenvalue weighted by atomic mass is 10.1. The summed E-state index contributed by atoms with van der Waals surface area (Å²) in [5.41, 5.74) is 3.86. The van der Waals surface area contributed by atoms with Crippen LogP contribution < -0.4 is 11.1 Å². The first-order valence-electron chi connectivity index (χ1n) is 5.31. The van der Waals surface area contributed by atoms with E-state index in [1.54, 1.807) is 0 Å². The third kappa shape index (κ3) is 4.38. The average molecular weight is 282 g/mol. The summed E-state index contributed by atoms with van der Waals surface area (Å²) in [4.78, 5) is 11.4. The van der Waals surface area contributed by atoms with E-state index in [4.69, 9.17) is 5.73 Å². The van der Waals surface area contributed by atoms with Crippen molar-refractivity contribution in [2.24, 2.45) is 0 Å². The smallest absolute Gasteiger partial charge is 0.389 e. The van der Waals surface area contributed by atoms with Crippen molar-refractivity contribution in [2.75, 3.05) is 12.3 Å². The zero-order valence-electron chi connectivity index (χ0n) is 9.65. The Morgan fingerprint density at radius 1 is 1.26 bits per heavy atom. The largest absolute Gasteiger partial charge is 0.396 e. The number of halogens is 5. The Balaban J connectivity index is 2.62. The highest BCUT2D eigenvalue weighted by molar-refractivity contribution is 5.95. The minimum atomic E-state index is -4.33. The predicted octanol–water partition coefficient (Wildman–Crippen LogP) is 2.62. The number of nitrogen functional groups attached to an aromatic ring is 1. The molecule has 0 bridgehead atoms. The molecule has 8 heteroatoms. The molecule has 1 aromatic rings. The molecule has 0 aliphatic rings. The van der Waals surface area contributed by atoms with Crippen LogP contribution in [0.1, 0.15) is 23.2 Å². The van der Waals surface area contributed by atoms with Crippen LogP contribution in [0.5, 0.6) is 0 Å². The maximum Gasteiger partial charge on any atom is 0.389 e. The van der Waals surface area contributed by atoms with Gasteiger partial charge in [0.05, 0.1) is 5.69 Å². The first-order valence-corrected chi connectivity index (χ1v) is 5.31. The number of carbonyl (C=O) groups excluding carboxylic acids is 1. The summed E-state index contributed by atoms with van der Waals surface area (Å²) in [5.74, 6) is -3.49. The molecule has 1 rings (SSSR count). The van der Waals surface area contributed by atoms with Gasteiger partial charge in [0.1, 0.15) is 11.4 Å². The summed E-state index contributed by atoms with van der Waals surface area (Å²) in [6, 6.07) is 1.76. The minimum absolute atomic E-state index is 0.341. The van der Waals surface area contributed by atoms with Crippen LogP contribution in [0.3, 0.4) is 0 Å². The van der Waals surface area contributed by atoms with Crippen molar-refractivity contribution in [3.8, 4) is 0 Å². The number of anilines is 1. The molecule has 0 saturated heterocycles. The Morgan fingerprint density at radius 2 is 1.89 bits per heavy atom. The Hall–Kier alpha value is -1.86. The van der Waals surface area contributed by atoms with E-state index in [9.17, 15) is 26.7 Å². The molecule has 3 nitrogen and oxygen atoms in total. The summed E-state index contributed by atoms with van der Waals surface area (Å²) in [6.45, 7) is -0.341. The van der Waals surface area contributed by atoms with E-state index in [1.807, 2.05) is 5.32 Å². The Labute approximate surface area is 105 Å². The molecule has 0 radical (unpaired) electrons. The highest BCUT2D eigenvalue weighted by atomic mass is 19.4. The number of benzene rings is 1. The molecule has 1 amide bonds. The van der Waals surface area contributed by atoms with Gasteiger partial charge < -0.3 is 11.1 Å². The van der Waals surface area contributed by atoms with Crippen molar-refractivity contribution in [1.29, 1.82) is 0 Å². The fraction of sp³-hybridized carbons (Fsp3) is 0.364. The first kappa shape index (κ1) is 15.2. The van der Waals surface area contributed by atoms with Gasteiger partial charge in [0, 0.05) is 13.0 Å². The van der Waals surface area contributed by atoms with Gasteiger partial charge in [-0.05, 0) is 18.6 Å². The lowest BCUT2D eigenvalue weighted by molar-refractivity contribution is -0.135. The van der Waals surface area contributed by atoms with Crippen LogP contribution >= 0.6 is 0 Å². The van der Waals surface area contributed by atoms with Gasteiger partial charge in [-0.1, -0.05) is 0 Å². The molecule has 106 valence electrons. The monoisotopic (exact) mass is 282 g/mol. The van der Waals surface area contributed by atoms with E-state index in [0.29, 0.717) is 0 Å². The molecular weight excluding hydrogens is 271 g/mol. The lowest BCUT2D eigenvalue weighted by Gasteiger charge is -2.09. The highest BCUT2D eigenvalue weighted by Crippen LogP contribution is 2.21. The fourth-order valence-corrected chi connectivity index (χ4v) is 1.36. The van der Waals surface area contributed by atoms with Crippen molar-refractivity contribution in [3.63, 3.8) is 0 Å². The van der Waals surface area contributed by atoms with Crippen LogP contribution in [0.4, 0.5) is 27.6 Å². The second-order valence-corrected chi connectivity index (χ2v) is 3.80. The fourth-order valence-electron chi connectivity index (χ4n) is 1.36. The third-order valence-corrected chi connectivity index (χ3v) is 2.27. The van der Waals surface area contributed by atoms with Crippen LogP contribution in [0.2, 0.25) is 0 Å². The number of rotatable bonds is 4. The number of hydrogen-bond donors (Lipinski definition) is 2. The molecule has 0 aliphatic heterocycles. The molecule has 0 aliphatic carbocycles. The van der Waals surface area contributed by atoms with Crippen molar-refractivity contribution in [1.82, 2.24) is 5.32 Å². The maximum atomic E-state index is 13.4. The normalized spacial score (nSPS) is 11.4. The molecule has 0 atom stereocenters. The average Bonchev–Trinajstić information content (AvgIpc) is 2.29. The van der Waals surface area contributed by atoms with E-state index < -0.39 is 41.4 Å². The molecular formula is C11H11F5N2O. The standard InChI is InChI=1S/C11H11F5N2O/c12-6-2-3-7(17)9(13)8(6)10(19)18-5-1-4-11(14,15)16/h2-3H,1,4-5,17H2,(H,18,19). The number of alkyl halides is 3. The van der Waals surface area contributed by atoms with Crippen LogP contribution in [-0.4, -0.2) is 18.6 Å². The summed E-state index contributed by atoms with van der Waals surface area (Å²) in [5, 5.41) is 2.01. The van der Waals surface area contributed by atoms with Gasteiger partial charge in [-0.25, -0.2) is 8.78 Å². The predicted molar refractivity (Wildman–Crippen MR) is 58.4 cm³/mol. The van der Waals surface area contributed by atoms with Crippen LogP contribution in [0.15, 0.2) is 12.1 Å². The van der Waals surface area contributed by atoms with Gasteiger partial charge in [0.2, 0.25) is 0 Å². The molecule has 0 saturated carbocycles. The van der Waals surface area contributed by atoms with Crippen molar-refractivity contribution in [3.05, 3.63) is 29.3 Å². The summed E-state index contributed by atoms with van der Waals surface area (Å²) in [7, 11) is 0. The molecule has 3 N–H and O–H groups in total. The Bertz CT molecular complexity index is 473. The number of hydrogen-bond acceptors (Lipinski definition) is 2. The second kappa shape index (κ2) is 5.85. The van der Waals surface area contributed by atoms with Gasteiger partial charge in [0.25, 0.3) is 5.91 Å². The molecule has 0 fully saturated rings. The van der Waals surface area contributed by atoms with Gasteiger partial charge in [0.15, 0.2) is 5.82 Å². The SMILES string of the molecule is Nc1ccc(F)c(C(=O)NCCCC(F)(F)F)c1F. The van der Waals surface area contributed by atoms with E-state index in [0.717, 1.165) is 12.1 Å². The van der Waals surface area contributed by atoms with Crippen LogP contribution in [0.25, 0.3) is 0 Å². The Kier molecular flexibility index (Phi) is 4.68. The van der Waals surface area contributed by atoms with E-state index in [-0.39, 0.29) is 13.0 Å². The van der Waals surface area contributed by atoms with E-state index >= 15 is 0 Å². The maximum absolute atomic E-state index is 13.4. The van der Waals surface area contributed by atoms with Gasteiger partial charge in [-0.3, -0.25) is 4.79 Å². The van der Waals surface area contributed by atoms with E-state index in [2.05, 4.69) is 0 Å². The van der Waals surface area contributed by atoms with E-state index in [1.165, 1.54) is 0 Å². The molecule has 0 aromatic heterocycles. The quantitative estimate of drug-likeness (QED) is 0.506. The minimum Gasteiger partial charge on any atom is -0.396 e. The van der Waals surface area contributed by atoms with Gasteiger partial charge >= 0.3 is 6.18 Å². The molecule has 0 unspecified atom stereocenters. The van der Waals surface area contributed by atoms with Crippen molar-refractivity contribution >= 4 is 11.6 Å². The first-order chi connectivity index (χ1) is 8.72. The zero-order valence-corrected chi connectivity index (χ0v) is 9.65. The van der Waals surface area contributed by atoms with Crippen molar-refractivity contribution in [2.45, 2.75) is 19.0 Å². The Morgan fingerprint density at radius 3 is 2.47 bits per heavy atom. The zero-order chi connectivity index (χ0) is 14.6. The number of amides is 1. The van der Waals surface area contributed by atoms with Crippen LogP contribution in [-0.2, 0) is 0 Å². The number of nitrogens with one attached hydrogen (secondary N) is 1. The lowest BCUT2D eigenvalue weighted by Crippen LogP contribution is -2.27. The second-order valence-electron chi connectivity index (χ2n) is 3.80. The summed E-state index contributed by atoms with van der Waals surface area (Å²) < 4.78 is 62.2. The molecule has 19 heavy (non-hydrogen) atoms. The molecule has 0 heterocycles.